The number of unbranched alkanes of at least 4 members (excludes halogenated alkanes) is 3. The van der Waals surface area contributed by atoms with Crippen LogP contribution in [-0.4, -0.2) is 26.4 Å². The summed E-state index contributed by atoms with van der Waals surface area (Å²) in [5.74, 6) is 0.510. The molecule has 7 heteroatoms. The first-order chi connectivity index (χ1) is 14.2. The van der Waals surface area contributed by atoms with Gasteiger partial charge in [-0.1, -0.05) is 67.1 Å². The fraction of sp³-hybridized carbons (Fsp3) is 0.318. The van der Waals surface area contributed by atoms with Crippen LogP contribution in [0.1, 0.15) is 37.7 Å². The molecular weight excluding hydrogens is 386 g/mol. The predicted octanol–water partition coefficient (Wildman–Crippen LogP) is 3.99. The second-order valence-corrected chi connectivity index (χ2v) is 7.90. The summed E-state index contributed by atoms with van der Waals surface area (Å²) in [4.78, 5) is 28.8. The first-order valence-corrected chi connectivity index (χ1v) is 10.8. The fourth-order valence-electron chi connectivity index (χ4n) is 3.12. The highest BCUT2D eigenvalue weighted by atomic mass is 32.2. The van der Waals surface area contributed by atoms with Crippen LogP contribution < -0.4 is 11.0 Å². The highest BCUT2D eigenvalue weighted by molar-refractivity contribution is 7.99. The van der Waals surface area contributed by atoms with Crippen molar-refractivity contribution in [1.82, 2.24) is 15.0 Å². The molecule has 0 unspecified atom stereocenters. The number of hydroxylamine groups is 1. The lowest BCUT2D eigenvalue weighted by Gasteiger charge is -2.13. The number of para-hydroxylation sites is 1. The van der Waals surface area contributed by atoms with Crippen LogP contribution in [0.15, 0.2) is 64.5 Å². The Bertz CT molecular complexity index is 1010. The number of thioether (sulfide) groups is 1. The minimum Gasteiger partial charge on any atom is -0.289 e. The van der Waals surface area contributed by atoms with E-state index in [0.29, 0.717) is 18.4 Å². The van der Waals surface area contributed by atoms with Crippen LogP contribution in [0.2, 0.25) is 0 Å². The van der Waals surface area contributed by atoms with Crippen molar-refractivity contribution in [2.75, 3.05) is 5.75 Å². The molecule has 0 radical (unpaired) electrons. The number of benzene rings is 2. The van der Waals surface area contributed by atoms with Crippen LogP contribution in [0.4, 0.5) is 0 Å². The van der Waals surface area contributed by atoms with E-state index in [0.717, 1.165) is 47.7 Å². The van der Waals surface area contributed by atoms with Crippen molar-refractivity contribution in [3.05, 3.63) is 70.5 Å². The summed E-state index contributed by atoms with van der Waals surface area (Å²) in [7, 11) is 0. The van der Waals surface area contributed by atoms with Crippen molar-refractivity contribution in [3.8, 4) is 0 Å². The third-order valence-electron chi connectivity index (χ3n) is 4.66. The van der Waals surface area contributed by atoms with Crippen molar-refractivity contribution in [3.63, 3.8) is 0 Å². The van der Waals surface area contributed by atoms with Crippen molar-refractivity contribution in [2.45, 2.75) is 43.8 Å². The van der Waals surface area contributed by atoms with Gasteiger partial charge in [-0.2, -0.15) is 0 Å². The molecule has 0 aliphatic heterocycles. The number of nitrogens with zero attached hydrogens (tertiary/aromatic N) is 2. The number of hydrogen-bond donors (Lipinski definition) is 2. The van der Waals surface area contributed by atoms with Gasteiger partial charge < -0.3 is 0 Å². The van der Waals surface area contributed by atoms with Gasteiger partial charge in [-0.05, 0) is 30.5 Å². The summed E-state index contributed by atoms with van der Waals surface area (Å²) in [5, 5.41) is 9.86. The smallest absolute Gasteiger partial charge is 0.262 e. The number of rotatable bonds is 10. The molecule has 3 aromatic rings. The molecule has 0 aliphatic rings. The molecule has 2 aromatic carbocycles. The lowest BCUT2D eigenvalue weighted by molar-refractivity contribution is -0.129. The maximum Gasteiger partial charge on any atom is 0.262 e. The van der Waals surface area contributed by atoms with Gasteiger partial charge in [-0.15, -0.1) is 0 Å². The number of fused-ring (bicyclic) bond motifs is 1. The van der Waals surface area contributed by atoms with Gasteiger partial charge in [0.15, 0.2) is 5.16 Å². The Morgan fingerprint density at radius 1 is 1.00 bits per heavy atom. The van der Waals surface area contributed by atoms with E-state index in [2.05, 4.69) is 0 Å². The van der Waals surface area contributed by atoms with E-state index >= 15 is 0 Å². The molecule has 2 N–H and O–H groups in total. The molecule has 0 fully saturated rings. The summed E-state index contributed by atoms with van der Waals surface area (Å²) in [5.41, 5.74) is 3.42. The maximum absolute atomic E-state index is 13.1. The SMILES string of the molecule is O=C(CCCCCCSc1nc2ccccc2c(=O)n1Cc1ccccc1)NO. The van der Waals surface area contributed by atoms with Gasteiger partial charge in [0.05, 0.1) is 17.4 Å². The van der Waals surface area contributed by atoms with Crippen molar-refractivity contribution < 1.29 is 10.0 Å². The summed E-state index contributed by atoms with van der Waals surface area (Å²) >= 11 is 1.60. The van der Waals surface area contributed by atoms with Gasteiger partial charge in [0.2, 0.25) is 5.91 Å². The summed E-state index contributed by atoms with van der Waals surface area (Å²) in [6, 6.07) is 17.4. The molecule has 0 saturated heterocycles. The summed E-state index contributed by atoms with van der Waals surface area (Å²) in [6.45, 7) is 0.496. The summed E-state index contributed by atoms with van der Waals surface area (Å²) < 4.78 is 1.76. The third kappa shape index (κ3) is 5.92. The highest BCUT2D eigenvalue weighted by Gasteiger charge is 2.12. The first-order valence-electron chi connectivity index (χ1n) is 9.78. The van der Waals surface area contributed by atoms with Crippen molar-refractivity contribution in [2.24, 2.45) is 0 Å². The molecule has 6 nitrogen and oxygen atoms in total. The normalized spacial score (nSPS) is 10.9. The number of amides is 1. The van der Waals surface area contributed by atoms with Crippen molar-refractivity contribution in [1.29, 1.82) is 0 Å². The third-order valence-corrected chi connectivity index (χ3v) is 5.73. The minimum atomic E-state index is -0.343. The number of carbonyl (C=O) groups is 1. The van der Waals surface area contributed by atoms with Gasteiger partial charge in [0, 0.05) is 12.2 Å². The molecule has 0 bridgehead atoms. The van der Waals surface area contributed by atoms with E-state index in [4.69, 9.17) is 10.2 Å². The molecule has 0 spiro atoms. The minimum absolute atomic E-state index is 0.0167. The first kappa shape index (κ1) is 21.1. The van der Waals surface area contributed by atoms with E-state index in [-0.39, 0.29) is 11.5 Å². The number of hydrogen-bond acceptors (Lipinski definition) is 5. The molecule has 3 rings (SSSR count). The zero-order valence-corrected chi connectivity index (χ0v) is 17.0. The Morgan fingerprint density at radius 3 is 2.52 bits per heavy atom. The average molecular weight is 412 g/mol. The molecule has 1 heterocycles. The quantitative estimate of drug-likeness (QED) is 0.173. The molecule has 0 atom stereocenters. The number of nitrogens with one attached hydrogen (secondary N) is 1. The zero-order valence-electron chi connectivity index (χ0n) is 16.2. The monoisotopic (exact) mass is 411 g/mol. The predicted molar refractivity (Wildman–Crippen MR) is 115 cm³/mol. The molecule has 0 aliphatic carbocycles. The van der Waals surface area contributed by atoms with Crippen LogP contribution in [-0.2, 0) is 11.3 Å². The Kier molecular flexibility index (Phi) is 7.84. The van der Waals surface area contributed by atoms with E-state index in [1.165, 1.54) is 0 Å². The Hall–Kier alpha value is -2.64. The molecule has 0 saturated carbocycles. The van der Waals surface area contributed by atoms with Crippen LogP contribution in [0, 0.1) is 0 Å². The standard InChI is InChI=1S/C22H25N3O3S/c26-20(24-28)14-6-1-2-9-15-29-22-23-19-13-8-7-12-18(19)21(27)25(22)16-17-10-4-3-5-11-17/h3-5,7-8,10-13,28H,1-2,6,9,14-16H2,(H,24,26). The average Bonchev–Trinajstić information content (AvgIpc) is 2.76. The summed E-state index contributed by atoms with van der Waals surface area (Å²) in [6.07, 6.45) is 3.98. The lowest BCUT2D eigenvalue weighted by Crippen LogP contribution is -2.24. The van der Waals surface area contributed by atoms with E-state index in [1.54, 1.807) is 21.8 Å². The topological polar surface area (TPSA) is 84.2 Å². The number of carbonyl (C=O) groups excluding carboxylic acids is 1. The van der Waals surface area contributed by atoms with E-state index in [1.807, 2.05) is 54.6 Å². The van der Waals surface area contributed by atoms with Gasteiger partial charge in [-0.3, -0.25) is 19.4 Å². The Balaban J connectivity index is 1.68. The van der Waals surface area contributed by atoms with Gasteiger partial charge in [-0.25, -0.2) is 10.5 Å². The molecule has 1 aromatic heterocycles. The van der Waals surface area contributed by atoms with Gasteiger partial charge in [0.25, 0.3) is 5.56 Å². The maximum atomic E-state index is 13.1. The van der Waals surface area contributed by atoms with Gasteiger partial charge in [0.1, 0.15) is 0 Å². The fourth-order valence-corrected chi connectivity index (χ4v) is 4.12. The molecule has 29 heavy (non-hydrogen) atoms. The lowest BCUT2D eigenvalue weighted by atomic mass is 10.1. The van der Waals surface area contributed by atoms with Crippen LogP contribution >= 0.6 is 11.8 Å². The molecule has 1 amide bonds. The second-order valence-electron chi connectivity index (χ2n) is 6.84. The van der Waals surface area contributed by atoms with Gasteiger partial charge >= 0.3 is 0 Å². The molecular formula is C22H25N3O3S. The number of aromatic nitrogens is 2. The van der Waals surface area contributed by atoms with Crippen LogP contribution in [0.25, 0.3) is 10.9 Å². The van der Waals surface area contributed by atoms with Crippen molar-refractivity contribution >= 4 is 28.6 Å². The van der Waals surface area contributed by atoms with E-state index < -0.39 is 0 Å². The zero-order chi connectivity index (χ0) is 20.5. The highest BCUT2D eigenvalue weighted by Crippen LogP contribution is 2.20. The van der Waals surface area contributed by atoms with Crippen LogP contribution in [0.3, 0.4) is 0 Å². The van der Waals surface area contributed by atoms with E-state index in [9.17, 15) is 9.59 Å². The molecule has 152 valence electrons. The largest absolute Gasteiger partial charge is 0.289 e. The second kappa shape index (κ2) is 10.8. The Labute approximate surface area is 173 Å². The van der Waals surface area contributed by atoms with Crippen LogP contribution in [0.5, 0.6) is 0 Å². The Morgan fingerprint density at radius 2 is 1.72 bits per heavy atom.